The minimum Gasteiger partial charge on any atom is -0.391 e. The molecule has 25 heavy (non-hydrogen) atoms. The van der Waals surface area contributed by atoms with Gasteiger partial charge < -0.3 is 29.9 Å². The lowest BCUT2D eigenvalue weighted by Gasteiger charge is -2.31. The van der Waals surface area contributed by atoms with E-state index in [1.807, 2.05) is 0 Å². The summed E-state index contributed by atoms with van der Waals surface area (Å²) in [6.45, 7) is -1.69. The highest BCUT2D eigenvalue weighted by Gasteiger charge is 2.52. The number of alkyl halides is 1. The van der Waals surface area contributed by atoms with Crippen molar-refractivity contribution in [2.45, 2.75) is 24.4 Å². The molecule has 2 aromatic heterocycles. The van der Waals surface area contributed by atoms with Crippen LogP contribution in [0.3, 0.4) is 0 Å². The number of aliphatic hydroxyl groups excluding tert-OH is 1. The molecule has 0 radical (unpaired) electrons. The number of hydrogen-bond acceptors (Lipinski definition) is 7. The predicted molar refractivity (Wildman–Crippen MR) is 82.0 cm³/mol. The van der Waals surface area contributed by atoms with Crippen LogP contribution in [0.5, 0.6) is 0 Å². The molecule has 1 fully saturated rings. The zero-order chi connectivity index (χ0) is 18.5. The van der Waals surface area contributed by atoms with Crippen LogP contribution in [0.2, 0.25) is 0 Å². The number of fused-ring (bicyclic) bond motifs is 1. The van der Waals surface area contributed by atoms with Crippen LogP contribution in [0, 0.1) is 0 Å². The Balaban J connectivity index is 1.98. The Bertz CT molecular complexity index is 910. The summed E-state index contributed by atoms with van der Waals surface area (Å²) in [5.41, 5.74) is 3.47. The van der Waals surface area contributed by atoms with Crippen molar-refractivity contribution in [2.75, 3.05) is 18.9 Å². The van der Waals surface area contributed by atoms with Crippen molar-refractivity contribution in [2.24, 2.45) is 0 Å². The summed E-state index contributed by atoms with van der Waals surface area (Å²) in [5, 5.41) is 9.96. The van der Waals surface area contributed by atoms with E-state index in [9.17, 15) is 18.9 Å². The summed E-state index contributed by atoms with van der Waals surface area (Å²) in [7, 11) is -4.89. The number of nitrogen functional groups attached to an aromatic ring is 1. The van der Waals surface area contributed by atoms with Gasteiger partial charge in [-0.05, 0) is 6.07 Å². The molecule has 1 aliphatic heterocycles. The van der Waals surface area contributed by atoms with Gasteiger partial charge in [-0.3, -0.25) is 14.3 Å². The molecule has 0 amide bonds. The van der Waals surface area contributed by atoms with Gasteiger partial charge in [-0.15, -0.1) is 0 Å². The molecule has 0 aromatic carbocycles. The van der Waals surface area contributed by atoms with E-state index in [2.05, 4.69) is 14.5 Å². The Hall–Kier alpha value is -1.82. The summed E-state index contributed by atoms with van der Waals surface area (Å²) < 4.78 is 36.3. The summed E-state index contributed by atoms with van der Waals surface area (Å²) in [6.07, 6.45) is 1.03. The molecule has 0 saturated carbocycles. The van der Waals surface area contributed by atoms with Crippen molar-refractivity contribution in [3.05, 3.63) is 22.6 Å². The second kappa shape index (κ2) is 5.87. The van der Waals surface area contributed by atoms with Gasteiger partial charge in [0.2, 0.25) is 11.8 Å². The molecule has 1 saturated heterocycles. The third-order valence-corrected chi connectivity index (χ3v) is 4.43. The van der Waals surface area contributed by atoms with Crippen molar-refractivity contribution < 1.29 is 33.1 Å². The Morgan fingerprint density at radius 1 is 1.52 bits per heavy atom. The first kappa shape index (κ1) is 18.0. The molecule has 13 heteroatoms. The number of nitrogens with two attached hydrogens (primary N) is 1. The van der Waals surface area contributed by atoms with Crippen LogP contribution in [0.25, 0.3) is 11.0 Å². The number of hydrogen-bond donors (Lipinski definition) is 5. The van der Waals surface area contributed by atoms with Crippen LogP contribution >= 0.6 is 7.82 Å². The van der Waals surface area contributed by atoms with Crippen LogP contribution in [0.4, 0.5) is 10.3 Å². The highest BCUT2D eigenvalue weighted by atomic mass is 31.2. The van der Waals surface area contributed by atoms with Crippen LogP contribution in [-0.4, -0.2) is 48.5 Å². The SMILES string of the molecule is Nc1nc2c(ccn2[C@@]2(CO)CC[C@@](F)(COP(=O)(O)O)O2)c(=O)[nH]1. The number of rotatable bonds is 5. The Labute approximate surface area is 139 Å². The first-order chi connectivity index (χ1) is 11.6. The van der Waals surface area contributed by atoms with Crippen LogP contribution < -0.4 is 11.3 Å². The van der Waals surface area contributed by atoms with Gasteiger partial charge in [-0.25, -0.2) is 8.96 Å². The molecule has 2 atom stereocenters. The Kier molecular flexibility index (Phi) is 4.22. The summed E-state index contributed by atoms with van der Waals surface area (Å²) >= 11 is 0. The fourth-order valence-corrected chi connectivity index (χ4v) is 3.19. The lowest BCUT2D eigenvalue weighted by atomic mass is 10.1. The molecule has 2 aromatic rings. The number of nitrogens with one attached hydrogen (secondary N) is 1. The maximum atomic E-state index is 14.7. The van der Waals surface area contributed by atoms with E-state index in [0.717, 1.165) is 0 Å². The van der Waals surface area contributed by atoms with E-state index in [1.54, 1.807) is 0 Å². The number of halogens is 1. The zero-order valence-corrected chi connectivity index (χ0v) is 13.6. The second-order valence-corrected chi connectivity index (χ2v) is 6.97. The van der Waals surface area contributed by atoms with Gasteiger partial charge in [-0.1, -0.05) is 0 Å². The number of nitrogens with zero attached hydrogens (tertiary/aromatic N) is 2. The summed E-state index contributed by atoms with van der Waals surface area (Å²) in [6, 6.07) is 1.41. The van der Waals surface area contributed by atoms with Crippen molar-refractivity contribution >= 4 is 24.8 Å². The molecule has 1 aliphatic rings. The van der Waals surface area contributed by atoms with E-state index in [-0.39, 0.29) is 29.8 Å². The maximum absolute atomic E-state index is 14.7. The number of aromatic amines is 1. The normalized spacial score (nSPS) is 27.2. The van der Waals surface area contributed by atoms with Gasteiger partial charge in [0.25, 0.3) is 5.56 Å². The molecule has 0 spiro atoms. The Morgan fingerprint density at radius 2 is 2.24 bits per heavy atom. The first-order valence-corrected chi connectivity index (χ1v) is 8.68. The fraction of sp³-hybridized carbons (Fsp3) is 0.500. The minimum absolute atomic E-state index is 0.0529. The van der Waals surface area contributed by atoms with Crippen molar-refractivity contribution in [3.63, 3.8) is 0 Å². The van der Waals surface area contributed by atoms with Gasteiger partial charge in [0.15, 0.2) is 11.4 Å². The largest absolute Gasteiger partial charge is 0.469 e. The number of aromatic nitrogens is 3. The second-order valence-electron chi connectivity index (χ2n) is 5.73. The Morgan fingerprint density at radius 3 is 2.88 bits per heavy atom. The average Bonchev–Trinajstić information content (AvgIpc) is 3.08. The molecule has 0 aliphatic carbocycles. The number of phosphoric ester groups is 1. The highest BCUT2D eigenvalue weighted by Crippen LogP contribution is 2.46. The van der Waals surface area contributed by atoms with Gasteiger partial charge >= 0.3 is 7.82 Å². The summed E-state index contributed by atoms with van der Waals surface area (Å²) in [4.78, 5) is 35.6. The quantitative estimate of drug-likeness (QED) is 0.431. The smallest absolute Gasteiger partial charge is 0.391 e. The molecule has 0 bridgehead atoms. The molecule has 6 N–H and O–H groups in total. The third kappa shape index (κ3) is 3.32. The number of aliphatic hydroxyl groups is 1. The molecule has 11 nitrogen and oxygen atoms in total. The van der Waals surface area contributed by atoms with Crippen LogP contribution in [-0.2, 0) is 19.6 Å². The average molecular weight is 378 g/mol. The molecular weight excluding hydrogens is 362 g/mol. The van der Waals surface area contributed by atoms with E-state index >= 15 is 0 Å². The fourth-order valence-electron chi connectivity index (χ4n) is 2.83. The molecular formula is C12H16FN4O7P. The van der Waals surface area contributed by atoms with Crippen molar-refractivity contribution in [1.29, 1.82) is 0 Å². The lowest BCUT2D eigenvalue weighted by Crippen LogP contribution is -2.41. The first-order valence-electron chi connectivity index (χ1n) is 7.15. The van der Waals surface area contributed by atoms with E-state index in [1.165, 1.54) is 16.8 Å². The number of phosphoric acid groups is 1. The number of H-pyrrole nitrogens is 1. The van der Waals surface area contributed by atoms with Crippen LogP contribution in [0.15, 0.2) is 17.1 Å². The zero-order valence-electron chi connectivity index (χ0n) is 12.8. The van der Waals surface area contributed by atoms with Gasteiger partial charge in [0.1, 0.15) is 6.61 Å². The molecule has 138 valence electrons. The maximum Gasteiger partial charge on any atom is 0.469 e. The topological polar surface area (TPSA) is 173 Å². The lowest BCUT2D eigenvalue weighted by molar-refractivity contribution is -0.232. The van der Waals surface area contributed by atoms with Gasteiger partial charge in [-0.2, -0.15) is 4.98 Å². The molecule has 0 unspecified atom stereocenters. The monoisotopic (exact) mass is 378 g/mol. The van der Waals surface area contributed by atoms with Crippen molar-refractivity contribution in [3.8, 4) is 0 Å². The molecule has 3 heterocycles. The highest BCUT2D eigenvalue weighted by molar-refractivity contribution is 7.46. The van der Waals surface area contributed by atoms with Crippen LogP contribution in [0.1, 0.15) is 12.8 Å². The predicted octanol–water partition coefficient (Wildman–Crippen LogP) is -0.463. The summed E-state index contributed by atoms with van der Waals surface area (Å²) in [5.74, 6) is -2.70. The van der Waals surface area contributed by atoms with E-state index in [0.29, 0.717) is 0 Å². The standard InChI is InChI=1S/C12H16FN4O7P/c13-11(6-23-25(20,21)22)2-3-12(5-18,24-11)17-4-1-7-8(17)15-10(14)16-9(7)19/h1,4,18H,2-3,5-6H2,(H2,20,21,22)(H3,14,15,16,19)/t11-,12-/m0/s1. The third-order valence-electron chi connectivity index (χ3n) is 3.97. The number of ether oxygens (including phenoxy) is 1. The van der Waals surface area contributed by atoms with E-state index < -0.39 is 38.2 Å². The minimum atomic E-state index is -4.89. The molecule has 3 rings (SSSR count). The number of anilines is 1. The van der Waals surface area contributed by atoms with Crippen molar-refractivity contribution in [1.82, 2.24) is 14.5 Å². The van der Waals surface area contributed by atoms with E-state index in [4.69, 9.17) is 20.3 Å². The van der Waals surface area contributed by atoms with Gasteiger partial charge in [0.05, 0.1) is 12.0 Å². The van der Waals surface area contributed by atoms with Gasteiger partial charge in [0, 0.05) is 19.0 Å².